The molecule has 6 heterocycles. The highest BCUT2D eigenvalue weighted by molar-refractivity contribution is 7.27. The fourth-order valence-corrected chi connectivity index (χ4v) is 14.6. The van der Waals surface area contributed by atoms with Crippen LogP contribution in [0.3, 0.4) is 0 Å². The minimum Gasteiger partial charge on any atom is -0.289 e. The van der Waals surface area contributed by atoms with E-state index >= 15 is 4.79 Å². The van der Waals surface area contributed by atoms with Gasteiger partial charge in [0.25, 0.3) is 0 Å². The molecule has 11 aromatic rings. The molecule has 0 atom stereocenters. The van der Waals surface area contributed by atoms with Gasteiger partial charge >= 0.3 is 0 Å². The zero-order chi connectivity index (χ0) is 43.7. The highest BCUT2D eigenvalue weighted by atomic mass is 32.1. The predicted octanol–water partition coefficient (Wildman–Crippen LogP) is 19.2. The first-order valence-corrected chi connectivity index (χ1v) is 26.3. The first-order valence-electron chi connectivity index (χ1n) is 21.3. The van der Waals surface area contributed by atoms with Crippen LogP contribution in [0.2, 0.25) is 0 Å². The number of ketones is 1. The van der Waals surface area contributed by atoms with E-state index in [0.29, 0.717) is 5.56 Å². The van der Waals surface area contributed by atoms with E-state index in [-0.39, 0.29) is 11.2 Å². The van der Waals surface area contributed by atoms with Crippen molar-refractivity contribution < 1.29 is 4.79 Å². The Morgan fingerprint density at radius 2 is 0.875 bits per heavy atom. The topological polar surface area (TPSA) is 17.1 Å². The lowest BCUT2D eigenvalue weighted by atomic mass is 9.83. The summed E-state index contributed by atoms with van der Waals surface area (Å²) in [5, 5.41) is 10.9. The number of rotatable bonds is 8. The SMILES string of the molecule is Cc1c2cc(C(=O)c3cccc4ccccc34)cc1c(-c1ccc(-c3ccc(-c4cccs4)s3)s1)cc1cc(C(C)(C)C)cc(c(-c3ccc(-c4ccc(-c5cccs5)s4)s3)c2)c1C. The van der Waals surface area contributed by atoms with Gasteiger partial charge in [-0.3, -0.25) is 4.79 Å². The van der Waals surface area contributed by atoms with Crippen LogP contribution in [0, 0.1) is 13.8 Å². The van der Waals surface area contributed by atoms with Crippen LogP contribution in [0.25, 0.3) is 92.2 Å². The molecule has 0 aliphatic rings. The van der Waals surface area contributed by atoms with E-state index in [1.54, 1.807) is 22.7 Å². The molecule has 64 heavy (non-hydrogen) atoms. The van der Waals surface area contributed by atoms with Crippen LogP contribution >= 0.6 is 68.0 Å². The lowest BCUT2D eigenvalue weighted by Crippen LogP contribution is -2.11. The van der Waals surface area contributed by atoms with Gasteiger partial charge in [-0.15, -0.1) is 68.0 Å². The van der Waals surface area contributed by atoms with Gasteiger partial charge in [0.1, 0.15) is 0 Å². The Labute approximate surface area is 397 Å². The Bertz CT molecular complexity index is 3570. The molecule has 312 valence electrons. The lowest BCUT2D eigenvalue weighted by Gasteiger charge is -2.21. The Kier molecular flexibility index (Phi) is 10.6. The van der Waals surface area contributed by atoms with E-state index in [1.807, 2.05) is 69.6 Å². The van der Waals surface area contributed by atoms with Crippen molar-refractivity contribution >= 4 is 106 Å². The van der Waals surface area contributed by atoms with E-state index < -0.39 is 0 Å². The maximum atomic E-state index is 15.0. The van der Waals surface area contributed by atoms with Gasteiger partial charge in [-0.05, 0) is 175 Å². The number of benzene rings is 4. The third-order valence-electron chi connectivity index (χ3n) is 12.2. The first kappa shape index (κ1) is 41.2. The standard InChI is InChI=1S/C57H42OS6/c1-33-36-27-38(56(58)41-14-8-12-35-11-6-7-13-40(35)41)31-42(33)44(46-17-19-52(61-46)54-23-21-50(63-54)48-15-9-25-59-48)30-37-28-39(57(3,4)5)32-43(34(37)2)45(29-36)47-18-20-53(62-47)55-24-22-51(64-55)49-16-10-26-60-49/h6-32H,1-5H3. The van der Waals surface area contributed by atoms with Crippen molar-refractivity contribution in [3.63, 3.8) is 0 Å². The zero-order valence-electron chi connectivity index (χ0n) is 35.9. The van der Waals surface area contributed by atoms with Gasteiger partial charge in [-0.25, -0.2) is 0 Å². The third kappa shape index (κ3) is 7.58. The summed E-state index contributed by atoms with van der Waals surface area (Å²) in [6.45, 7) is 11.5. The van der Waals surface area contributed by atoms with E-state index in [0.717, 1.165) is 38.2 Å². The molecule has 0 saturated heterocycles. The molecule has 0 radical (unpaired) electrons. The molecule has 7 heteroatoms. The van der Waals surface area contributed by atoms with Crippen molar-refractivity contribution in [2.75, 3.05) is 0 Å². The first-order chi connectivity index (χ1) is 31.1. The van der Waals surface area contributed by atoms with Gasteiger partial charge in [0.15, 0.2) is 5.78 Å². The Balaban J connectivity index is 1.17. The average molecular weight is 935 g/mol. The van der Waals surface area contributed by atoms with Crippen LogP contribution in [-0.2, 0) is 5.41 Å². The number of hydrogen-bond acceptors (Lipinski definition) is 7. The molecule has 0 N–H and O–H groups in total. The lowest BCUT2D eigenvalue weighted by molar-refractivity contribution is 0.104. The molecule has 6 aromatic heterocycles. The van der Waals surface area contributed by atoms with Crippen LogP contribution in [0.5, 0.6) is 0 Å². The molecule has 0 aliphatic carbocycles. The van der Waals surface area contributed by atoms with Crippen LogP contribution in [0.4, 0.5) is 0 Å². The molecule has 0 spiro atoms. The second kappa shape index (κ2) is 16.5. The fourth-order valence-electron chi connectivity index (χ4n) is 8.62. The van der Waals surface area contributed by atoms with Crippen molar-refractivity contribution in [2.45, 2.75) is 40.0 Å². The molecule has 0 amide bonds. The third-order valence-corrected chi connectivity index (χ3v) is 19.1. The molecule has 0 fully saturated rings. The molecular formula is C57H42OS6. The molecule has 11 rings (SSSR count). The molecule has 0 saturated carbocycles. The van der Waals surface area contributed by atoms with Crippen LogP contribution in [-0.4, -0.2) is 5.78 Å². The van der Waals surface area contributed by atoms with E-state index in [2.05, 4.69) is 173 Å². The summed E-state index contributed by atoms with van der Waals surface area (Å²) in [6.07, 6.45) is 0. The summed E-state index contributed by atoms with van der Waals surface area (Å²) in [7, 11) is 0. The van der Waals surface area contributed by atoms with Gasteiger partial charge in [-0.1, -0.05) is 87.5 Å². The fraction of sp³-hybridized carbons (Fsp3) is 0.105. The minimum absolute atomic E-state index is 0.0274. The number of aryl methyl sites for hydroxylation is 2. The van der Waals surface area contributed by atoms with E-state index in [9.17, 15) is 0 Å². The highest BCUT2D eigenvalue weighted by Crippen LogP contribution is 2.46. The van der Waals surface area contributed by atoms with Crippen molar-refractivity contribution in [1.82, 2.24) is 0 Å². The summed E-state index contributed by atoms with van der Waals surface area (Å²) >= 11 is 10.9. The van der Waals surface area contributed by atoms with Crippen LogP contribution in [0.1, 0.15) is 53.4 Å². The number of hydrogen-bond donors (Lipinski definition) is 0. The minimum atomic E-state index is -0.0893. The largest absolute Gasteiger partial charge is 0.289 e. The molecule has 0 unspecified atom stereocenters. The number of fused-ring (bicyclic) bond motifs is 5. The summed E-state index contributed by atoms with van der Waals surface area (Å²) in [5.41, 5.74) is 7.31. The van der Waals surface area contributed by atoms with Crippen molar-refractivity contribution in [1.29, 1.82) is 0 Å². The summed E-state index contributed by atoms with van der Waals surface area (Å²) in [4.78, 5) is 27.6. The summed E-state index contributed by atoms with van der Waals surface area (Å²) < 4.78 is 0. The normalized spacial score (nSPS) is 11.9. The summed E-state index contributed by atoms with van der Waals surface area (Å²) in [5.74, 6) is 0.0274. The van der Waals surface area contributed by atoms with E-state index in [1.165, 1.54) is 76.2 Å². The molecular weight excluding hydrogens is 893 g/mol. The smallest absolute Gasteiger partial charge is 0.193 e. The maximum absolute atomic E-state index is 15.0. The number of carbonyl (C=O) groups is 1. The second-order valence-electron chi connectivity index (χ2n) is 17.3. The maximum Gasteiger partial charge on any atom is 0.193 e. The van der Waals surface area contributed by atoms with Crippen LogP contribution in [0.15, 0.2) is 162 Å². The molecule has 5 aromatic carbocycles. The Morgan fingerprint density at radius 3 is 1.41 bits per heavy atom. The second-order valence-corrected chi connectivity index (χ2v) is 23.5. The van der Waals surface area contributed by atoms with Gasteiger partial charge in [0, 0.05) is 59.9 Å². The van der Waals surface area contributed by atoms with Gasteiger partial charge in [-0.2, -0.15) is 0 Å². The quantitative estimate of drug-likeness (QED) is 0.139. The van der Waals surface area contributed by atoms with E-state index in [4.69, 9.17) is 0 Å². The molecule has 4 bridgehead atoms. The highest BCUT2D eigenvalue weighted by Gasteiger charge is 2.21. The summed E-state index contributed by atoms with van der Waals surface area (Å²) in [6, 6.07) is 55.0. The average Bonchev–Trinajstić information content (AvgIpc) is 4.14. The predicted molar refractivity (Wildman–Crippen MR) is 286 cm³/mol. The Hall–Kier alpha value is -5.51. The van der Waals surface area contributed by atoms with Gasteiger partial charge < -0.3 is 0 Å². The Morgan fingerprint density at radius 1 is 0.406 bits per heavy atom. The van der Waals surface area contributed by atoms with Crippen molar-refractivity contribution in [2.24, 2.45) is 0 Å². The number of carbonyl (C=O) groups excluding carboxylic acids is 1. The van der Waals surface area contributed by atoms with Gasteiger partial charge in [0.2, 0.25) is 0 Å². The monoisotopic (exact) mass is 934 g/mol. The number of thiophene rings is 6. The van der Waals surface area contributed by atoms with Crippen LogP contribution < -0.4 is 0 Å². The van der Waals surface area contributed by atoms with Crippen molar-refractivity contribution in [3.05, 3.63) is 190 Å². The molecule has 0 aliphatic heterocycles. The zero-order valence-corrected chi connectivity index (χ0v) is 40.8. The van der Waals surface area contributed by atoms with Gasteiger partial charge in [0.05, 0.1) is 0 Å². The molecule has 1 nitrogen and oxygen atoms in total. The van der Waals surface area contributed by atoms with Crippen molar-refractivity contribution in [3.8, 4) is 59.9 Å².